The predicted molar refractivity (Wildman–Crippen MR) is 72.7 cm³/mol. The van der Waals surface area contributed by atoms with E-state index in [1.807, 2.05) is 0 Å². The summed E-state index contributed by atoms with van der Waals surface area (Å²) in [5, 5.41) is 9.76. The average molecular weight is 249 g/mol. The Balaban J connectivity index is 2.41. The summed E-state index contributed by atoms with van der Waals surface area (Å²) in [5.74, 6) is 0. The quantitative estimate of drug-likeness (QED) is 0.885. The molecular weight excluding hydrogens is 226 g/mol. The van der Waals surface area contributed by atoms with E-state index < -0.39 is 0 Å². The van der Waals surface area contributed by atoms with Crippen molar-refractivity contribution in [2.45, 2.75) is 19.9 Å². The third-order valence-corrected chi connectivity index (χ3v) is 3.91. The van der Waals surface area contributed by atoms with Gasteiger partial charge in [-0.15, -0.1) is 0 Å². The summed E-state index contributed by atoms with van der Waals surface area (Å²) in [4.78, 5) is 2.19. The van der Waals surface area contributed by atoms with E-state index >= 15 is 0 Å². The predicted octanol–water partition coefficient (Wildman–Crippen LogP) is 1.92. The Morgan fingerprint density at radius 2 is 2.00 bits per heavy atom. The van der Waals surface area contributed by atoms with Crippen molar-refractivity contribution in [3.8, 4) is 0 Å². The molecule has 0 amide bonds. The number of hydrogen-bond donors (Lipinski definition) is 1. The molecule has 100 valence electrons. The number of ether oxygens (including phenoxy) is 1. The lowest BCUT2D eigenvalue weighted by Gasteiger charge is -2.49. The van der Waals surface area contributed by atoms with Crippen molar-refractivity contribution in [1.82, 2.24) is 4.90 Å². The minimum Gasteiger partial charge on any atom is -0.396 e. The van der Waals surface area contributed by atoms with E-state index in [1.165, 1.54) is 16.7 Å². The molecule has 1 N–H and O–H groups in total. The third-order valence-electron chi connectivity index (χ3n) is 3.91. The Kier molecular flexibility index (Phi) is 3.76. The van der Waals surface area contributed by atoms with Crippen LogP contribution in [0.2, 0.25) is 0 Å². The minimum atomic E-state index is -0.149. The second kappa shape index (κ2) is 5.00. The van der Waals surface area contributed by atoms with Crippen LogP contribution in [0.3, 0.4) is 0 Å². The Hall–Kier alpha value is -0.900. The summed E-state index contributed by atoms with van der Waals surface area (Å²) in [6, 6.07) is 6.74. The van der Waals surface area contributed by atoms with Crippen molar-refractivity contribution in [3.05, 3.63) is 34.9 Å². The van der Waals surface area contributed by atoms with E-state index in [2.05, 4.69) is 51.0 Å². The molecule has 1 fully saturated rings. The molecule has 0 aliphatic carbocycles. The highest BCUT2D eigenvalue weighted by Gasteiger charge is 2.47. The molecule has 1 unspecified atom stereocenters. The molecule has 3 nitrogen and oxygen atoms in total. The molecule has 1 aliphatic heterocycles. The van der Waals surface area contributed by atoms with Gasteiger partial charge >= 0.3 is 0 Å². The number of aliphatic hydroxyl groups is 1. The first-order chi connectivity index (χ1) is 8.50. The summed E-state index contributed by atoms with van der Waals surface area (Å²) in [7, 11) is 4.14. The Morgan fingerprint density at radius 3 is 2.39 bits per heavy atom. The summed E-state index contributed by atoms with van der Waals surface area (Å²) in [5.41, 5.74) is 3.71. The number of nitrogens with zero attached hydrogens (tertiary/aromatic N) is 1. The van der Waals surface area contributed by atoms with Gasteiger partial charge in [-0.1, -0.05) is 23.8 Å². The Morgan fingerprint density at radius 1 is 1.33 bits per heavy atom. The number of rotatable bonds is 4. The molecule has 1 aromatic rings. The van der Waals surface area contributed by atoms with Gasteiger partial charge in [-0.3, -0.25) is 0 Å². The smallest absolute Gasteiger partial charge is 0.0598 e. The Labute approximate surface area is 109 Å². The molecule has 18 heavy (non-hydrogen) atoms. The van der Waals surface area contributed by atoms with Crippen LogP contribution in [0.25, 0.3) is 0 Å². The fourth-order valence-electron chi connectivity index (χ4n) is 2.99. The molecule has 1 atom stereocenters. The SMILES string of the molecule is Cc1ccc(C(N(C)C)C2(CO)COC2)c(C)c1. The summed E-state index contributed by atoms with van der Waals surface area (Å²) in [6.07, 6.45) is 0. The molecule has 0 bridgehead atoms. The van der Waals surface area contributed by atoms with Gasteiger partial charge in [0.15, 0.2) is 0 Å². The summed E-state index contributed by atoms with van der Waals surface area (Å²) in [6.45, 7) is 5.70. The van der Waals surface area contributed by atoms with E-state index in [0.29, 0.717) is 13.2 Å². The van der Waals surface area contributed by atoms with Crippen molar-refractivity contribution >= 4 is 0 Å². The summed E-state index contributed by atoms with van der Waals surface area (Å²) < 4.78 is 5.36. The zero-order valence-corrected chi connectivity index (χ0v) is 11.7. The number of aliphatic hydroxyl groups excluding tert-OH is 1. The topological polar surface area (TPSA) is 32.7 Å². The van der Waals surface area contributed by atoms with Gasteiger partial charge in [0, 0.05) is 6.04 Å². The van der Waals surface area contributed by atoms with Crippen LogP contribution in [0.1, 0.15) is 22.7 Å². The highest BCUT2D eigenvalue weighted by atomic mass is 16.5. The number of aryl methyl sites for hydroxylation is 2. The first-order valence-corrected chi connectivity index (χ1v) is 6.42. The van der Waals surface area contributed by atoms with Crippen molar-refractivity contribution in [3.63, 3.8) is 0 Å². The van der Waals surface area contributed by atoms with Gasteiger partial charge < -0.3 is 14.7 Å². The van der Waals surface area contributed by atoms with Gasteiger partial charge in [0.1, 0.15) is 0 Å². The van der Waals surface area contributed by atoms with Crippen LogP contribution in [0, 0.1) is 19.3 Å². The van der Waals surface area contributed by atoms with Crippen LogP contribution in [0.15, 0.2) is 18.2 Å². The third kappa shape index (κ3) is 2.18. The van der Waals surface area contributed by atoms with Crippen molar-refractivity contribution in [1.29, 1.82) is 0 Å². The molecular formula is C15H23NO2. The van der Waals surface area contributed by atoms with Crippen LogP contribution in [-0.4, -0.2) is 43.9 Å². The van der Waals surface area contributed by atoms with Crippen LogP contribution in [0.4, 0.5) is 0 Å². The van der Waals surface area contributed by atoms with Gasteiger partial charge in [0.25, 0.3) is 0 Å². The van der Waals surface area contributed by atoms with Crippen LogP contribution < -0.4 is 0 Å². The fraction of sp³-hybridized carbons (Fsp3) is 0.600. The number of hydrogen-bond acceptors (Lipinski definition) is 3. The maximum atomic E-state index is 9.76. The lowest BCUT2D eigenvalue weighted by Crippen LogP contribution is -2.54. The van der Waals surface area contributed by atoms with E-state index in [1.54, 1.807) is 0 Å². The molecule has 1 aromatic carbocycles. The zero-order valence-electron chi connectivity index (χ0n) is 11.7. The lowest BCUT2D eigenvalue weighted by molar-refractivity contribution is -0.172. The van der Waals surface area contributed by atoms with E-state index in [-0.39, 0.29) is 18.1 Å². The van der Waals surface area contributed by atoms with Gasteiger partial charge in [-0.2, -0.15) is 0 Å². The van der Waals surface area contributed by atoms with Gasteiger partial charge in [0.2, 0.25) is 0 Å². The largest absolute Gasteiger partial charge is 0.396 e. The molecule has 1 heterocycles. The van der Waals surface area contributed by atoms with Crippen molar-refractivity contribution < 1.29 is 9.84 Å². The molecule has 0 saturated carbocycles. The fourth-order valence-corrected chi connectivity index (χ4v) is 2.99. The molecule has 0 spiro atoms. The van der Waals surface area contributed by atoms with Crippen LogP contribution in [-0.2, 0) is 4.74 Å². The molecule has 3 heteroatoms. The standard InChI is InChI=1S/C15H23NO2/c1-11-5-6-13(12(2)7-11)14(16(3)4)15(8-17)9-18-10-15/h5-7,14,17H,8-10H2,1-4H3. The van der Waals surface area contributed by atoms with Crippen LogP contribution >= 0.6 is 0 Å². The molecule has 2 rings (SSSR count). The monoisotopic (exact) mass is 249 g/mol. The van der Waals surface area contributed by atoms with Gasteiger partial charge in [0.05, 0.1) is 25.2 Å². The maximum absolute atomic E-state index is 9.76. The van der Waals surface area contributed by atoms with E-state index in [0.717, 1.165) is 0 Å². The Bertz CT molecular complexity index is 419. The number of benzene rings is 1. The van der Waals surface area contributed by atoms with Crippen molar-refractivity contribution in [2.24, 2.45) is 5.41 Å². The average Bonchev–Trinajstić information content (AvgIpc) is 2.24. The second-order valence-electron chi connectivity index (χ2n) is 5.74. The molecule has 1 saturated heterocycles. The lowest BCUT2D eigenvalue weighted by atomic mass is 9.74. The zero-order chi connectivity index (χ0) is 13.3. The first-order valence-electron chi connectivity index (χ1n) is 6.42. The van der Waals surface area contributed by atoms with Crippen LogP contribution in [0.5, 0.6) is 0 Å². The molecule has 1 aliphatic rings. The van der Waals surface area contributed by atoms with E-state index in [9.17, 15) is 5.11 Å². The van der Waals surface area contributed by atoms with E-state index in [4.69, 9.17) is 4.74 Å². The summed E-state index contributed by atoms with van der Waals surface area (Å²) >= 11 is 0. The highest BCUT2D eigenvalue weighted by molar-refractivity contribution is 5.34. The minimum absolute atomic E-state index is 0.149. The second-order valence-corrected chi connectivity index (χ2v) is 5.74. The van der Waals surface area contributed by atoms with Crippen molar-refractivity contribution in [2.75, 3.05) is 33.9 Å². The maximum Gasteiger partial charge on any atom is 0.0598 e. The highest BCUT2D eigenvalue weighted by Crippen LogP contribution is 2.44. The van der Waals surface area contributed by atoms with Gasteiger partial charge in [-0.05, 0) is 39.1 Å². The first kappa shape index (κ1) is 13.5. The molecule has 0 radical (unpaired) electrons. The normalized spacial score (nSPS) is 19.7. The molecule has 0 aromatic heterocycles. The van der Waals surface area contributed by atoms with Gasteiger partial charge in [-0.25, -0.2) is 0 Å².